The van der Waals surface area contributed by atoms with E-state index in [-0.39, 0.29) is 0 Å². The standard InChI is InChI=1S/C9H9BrN2.C2H6/c1-2-9-11-7-4-3-6(10)5-8(7)12-9;1-2/h3-5H,2H2,1H3,(H,11,12);1-2H3. The molecule has 0 aliphatic carbocycles. The third-order valence-electron chi connectivity index (χ3n) is 1.83. The van der Waals surface area contributed by atoms with Gasteiger partial charge in [0.25, 0.3) is 0 Å². The Balaban J connectivity index is 0.000000461. The van der Waals surface area contributed by atoms with Crippen molar-refractivity contribution < 1.29 is 0 Å². The molecule has 2 nitrogen and oxygen atoms in total. The van der Waals surface area contributed by atoms with Crippen molar-refractivity contribution in [1.29, 1.82) is 0 Å². The van der Waals surface area contributed by atoms with Gasteiger partial charge >= 0.3 is 0 Å². The molecule has 3 heteroatoms. The molecule has 0 saturated heterocycles. The van der Waals surface area contributed by atoms with Gasteiger partial charge in [-0.3, -0.25) is 0 Å². The average molecular weight is 255 g/mol. The molecule has 0 spiro atoms. The molecular formula is C11H15BrN2. The molecule has 1 heterocycles. The lowest BCUT2D eigenvalue weighted by atomic mass is 10.3. The first kappa shape index (κ1) is 11.2. The van der Waals surface area contributed by atoms with Gasteiger partial charge in [0.1, 0.15) is 5.82 Å². The molecule has 2 rings (SSSR count). The predicted octanol–water partition coefficient (Wildman–Crippen LogP) is 3.91. The van der Waals surface area contributed by atoms with Crippen LogP contribution in [0, 0.1) is 0 Å². The average Bonchev–Trinajstić information content (AvgIpc) is 2.62. The lowest BCUT2D eigenvalue weighted by Gasteiger charge is -1.87. The van der Waals surface area contributed by atoms with Gasteiger partial charge in [0, 0.05) is 10.9 Å². The van der Waals surface area contributed by atoms with Crippen LogP contribution in [-0.2, 0) is 6.42 Å². The topological polar surface area (TPSA) is 28.7 Å². The first-order valence-corrected chi connectivity index (χ1v) is 5.73. The normalized spacial score (nSPS) is 9.71. The number of nitrogens with one attached hydrogen (secondary N) is 1. The van der Waals surface area contributed by atoms with Crippen LogP contribution in [0.5, 0.6) is 0 Å². The molecule has 1 aromatic carbocycles. The lowest BCUT2D eigenvalue weighted by molar-refractivity contribution is 1.00. The van der Waals surface area contributed by atoms with E-state index in [1.165, 1.54) is 0 Å². The zero-order chi connectivity index (χ0) is 10.6. The second-order valence-electron chi connectivity index (χ2n) is 2.70. The van der Waals surface area contributed by atoms with E-state index < -0.39 is 0 Å². The van der Waals surface area contributed by atoms with Gasteiger partial charge in [0.15, 0.2) is 0 Å². The van der Waals surface area contributed by atoms with Crippen LogP contribution in [0.25, 0.3) is 11.0 Å². The van der Waals surface area contributed by atoms with E-state index in [1.807, 2.05) is 32.0 Å². The second kappa shape index (κ2) is 5.15. The molecule has 0 saturated carbocycles. The fourth-order valence-corrected chi connectivity index (χ4v) is 1.56. The number of benzene rings is 1. The van der Waals surface area contributed by atoms with Gasteiger partial charge in [-0.15, -0.1) is 0 Å². The SMILES string of the molecule is CC.CCc1nc2ccc(Br)cc2[nH]1. The van der Waals surface area contributed by atoms with Crippen LogP contribution in [0.3, 0.4) is 0 Å². The van der Waals surface area contributed by atoms with Crippen LogP contribution in [0.4, 0.5) is 0 Å². The molecular weight excluding hydrogens is 240 g/mol. The Morgan fingerprint density at radius 2 is 2.07 bits per heavy atom. The highest BCUT2D eigenvalue weighted by Gasteiger charge is 1.99. The Hall–Kier alpha value is -0.830. The molecule has 0 amide bonds. The van der Waals surface area contributed by atoms with Crippen molar-refractivity contribution in [2.24, 2.45) is 0 Å². The van der Waals surface area contributed by atoms with E-state index in [1.54, 1.807) is 0 Å². The van der Waals surface area contributed by atoms with Gasteiger partial charge in [-0.2, -0.15) is 0 Å². The summed E-state index contributed by atoms with van der Waals surface area (Å²) in [6, 6.07) is 6.05. The summed E-state index contributed by atoms with van der Waals surface area (Å²) in [5.41, 5.74) is 2.14. The Morgan fingerprint density at radius 1 is 1.36 bits per heavy atom. The van der Waals surface area contributed by atoms with Crippen molar-refractivity contribution in [2.75, 3.05) is 0 Å². The maximum absolute atomic E-state index is 4.40. The van der Waals surface area contributed by atoms with Gasteiger partial charge in [-0.25, -0.2) is 4.98 Å². The third kappa shape index (κ3) is 2.35. The fraction of sp³-hybridized carbons (Fsp3) is 0.364. The molecule has 0 aliphatic heterocycles. The minimum atomic E-state index is 0.951. The van der Waals surface area contributed by atoms with E-state index in [0.717, 1.165) is 27.8 Å². The maximum atomic E-state index is 4.40. The highest BCUT2D eigenvalue weighted by molar-refractivity contribution is 9.10. The van der Waals surface area contributed by atoms with Crippen LogP contribution in [-0.4, -0.2) is 9.97 Å². The zero-order valence-electron chi connectivity index (χ0n) is 8.76. The highest BCUT2D eigenvalue weighted by atomic mass is 79.9. The molecule has 2 aromatic rings. The number of nitrogens with zero attached hydrogens (tertiary/aromatic N) is 1. The first-order chi connectivity index (χ1) is 6.79. The van der Waals surface area contributed by atoms with Crippen LogP contribution in [0.2, 0.25) is 0 Å². The van der Waals surface area contributed by atoms with E-state index >= 15 is 0 Å². The molecule has 0 radical (unpaired) electrons. The number of halogens is 1. The number of aromatic nitrogens is 2. The molecule has 0 atom stereocenters. The number of rotatable bonds is 1. The first-order valence-electron chi connectivity index (χ1n) is 4.93. The van der Waals surface area contributed by atoms with Crippen molar-refractivity contribution in [3.8, 4) is 0 Å². The van der Waals surface area contributed by atoms with E-state index in [0.29, 0.717) is 0 Å². The zero-order valence-corrected chi connectivity index (χ0v) is 10.4. The lowest BCUT2D eigenvalue weighted by Crippen LogP contribution is -1.79. The number of fused-ring (bicyclic) bond motifs is 1. The van der Waals surface area contributed by atoms with Crippen molar-refractivity contribution in [2.45, 2.75) is 27.2 Å². The largest absolute Gasteiger partial charge is 0.342 e. The van der Waals surface area contributed by atoms with Crippen LogP contribution < -0.4 is 0 Å². The van der Waals surface area contributed by atoms with Gasteiger partial charge in [-0.1, -0.05) is 36.7 Å². The Labute approximate surface area is 92.9 Å². The number of aryl methyl sites for hydroxylation is 1. The van der Waals surface area contributed by atoms with E-state index in [9.17, 15) is 0 Å². The van der Waals surface area contributed by atoms with Crippen LogP contribution >= 0.6 is 15.9 Å². The maximum Gasteiger partial charge on any atom is 0.106 e. The number of hydrogen-bond donors (Lipinski definition) is 1. The van der Waals surface area contributed by atoms with Crippen molar-refractivity contribution in [3.05, 3.63) is 28.5 Å². The highest BCUT2D eigenvalue weighted by Crippen LogP contribution is 2.17. The van der Waals surface area contributed by atoms with Crippen molar-refractivity contribution in [1.82, 2.24) is 9.97 Å². The van der Waals surface area contributed by atoms with Gasteiger partial charge < -0.3 is 4.98 Å². The Bertz CT molecular complexity index is 407. The van der Waals surface area contributed by atoms with E-state index in [2.05, 4.69) is 32.8 Å². The fourth-order valence-electron chi connectivity index (χ4n) is 1.20. The third-order valence-corrected chi connectivity index (χ3v) is 2.32. The Morgan fingerprint density at radius 3 is 2.71 bits per heavy atom. The number of H-pyrrole nitrogens is 1. The summed E-state index contributed by atoms with van der Waals surface area (Å²) in [6.07, 6.45) is 0.951. The smallest absolute Gasteiger partial charge is 0.106 e. The summed E-state index contributed by atoms with van der Waals surface area (Å²) in [5.74, 6) is 1.04. The molecule has 0 unspecified atom stereocenters. The van der Waals surface area contributed by atoms with Crippen LogP contribution in [0.1, 0.15) is 26.6 Å². The van der Waals surface area contributed by atoms with E-state index in [4.69, 9.17) is 0 Å². The summed E-state index contributed by atoms with van der Waals surface area (Å²) in [5, 5.41) is 0. The van der Waals surface area contributed by atoms with Gasteiger partial charge in [0.05, 0.1) is 11.0 Å². The number of imidazole rings is 1. The Kier molecular flexibility index (Phi) is 4.14. The minimum absolute atomic E-state index is 0.951. The van der Waals surface area contributed by atoms with Gasteiger partial charge in [0.2, 0.25) is 0 Å². The summed E-state index contributed by atoms with van der Waals surface area (Å²) < 4.78 is 1.08. The summed E-state index contributed by atoms with van der Waals surface area (Å²) >= 11 is 3.42. The number of aromatic amines is 1. The van der Waals surface area contributed by atoms with Crippen LogP contribution in [0.15, 0.2) is 22.7 Å². The minimum Gasteiger partial charge on any atom is -0.342 e. The molecule has 14 heavy (non-hydrogen) atoms. The second-order valence-corrected chi connectivity index (χ2v) is 3.61. The van der Waals surface area contributed by atoms with Crippen molar-refractivity contribution in [3.63, 3.8) is 0 Å². The molecule has 0 bridgehead atoms. The monoisotopic (exact) mass is 254 g/mol. The summed E-state index contributed by atoms with van der Waals surface area (Å²) in [4.78, 5) is 7.64. The predicted molar refractivity (Wildman–Crippen MR) is 64.5 cm³/mol. The molecule has 76 valence electrons. The summed E-state index contributed by atoms with van der Waals surface area (Å²) in [7, 11) is 0. The van der Waals surface area contributed by atoms with Crippen molar-refractivity contribution >= 4 is 27.0 Å². The molecule has 1 N–H and O–H groups in total. The number of hydrogen-bond acceptors (Lipinski definition) is 1. The summed E-state index contributed by atoms with van der Waals surface area (Å²) in [6.45, 7) is 6.09. The molecule has 0 fully saturated rings. The molecule has 0 aliphatic rings. The quantitative estimate of drug-likeness (QED) is 0.822. The van der Waals surface area contributed by atoms with Gasteiger partial charge in [-0.05, 0) is 18.2 Å². The molecule has 1 aromatic heterocycles.